The molecule has 2 aromatic heterocycles. The first-order valence-electron chi connectivity index (χ1n) is 9.78. The molecule has 0 spiro atoms. The summed E-state index contributed by atoms with van der Waals surface area (Å²) in [6.45, 7) is 0. The number of hydrogen-bond donors (Lipinski definition) is 1. The van der Waals surface area contributed by atoms with Gasteiger partial charge < -0.3 is 4.98 Å². The number of nitrogens with zero attached hydrogens (tertiary/aromatic N) is 3. The molecule has 0 aliphatic carbocycles. The molecule has 1 N–H and O–H groups in total. The molecule has 0 saturated carbocycles. The number of thiazole rings is 1. The van der Waals surface area contributed by atoms with E-state index in [-0.39, 0.29) is 5.56 Å². The van der Waals surface area contributed by atoms with Crippen LogP contribution in [0.3, 0.4) is 0 Å². The predicted octanol–water partition coefficient (Wildman–Crippen LogP) is 3.98. The molecule has 154 valence electrons. The van der Waals surface area contributed by atoms with E-state index in [1.807, 2.05) is 66.7 Å². The number of nitriles is 1. The van der Waals surface area contributed by atoms with Crippen LogP contribution in [0.15, 0.2) is 83.7 Å². The Balaban J connectivity index is 1.85. The Morgan fingerprint density at radius 2 is 1.75 bits per heavy atom. The molecule has 7 heteroatoms. The Hall–Kier alpha value is -3.92. The van der Waals surface area contributed by atoms with E-state index < -0.39 is 0 Å². The summed E-state index contributed by atoms with van der Waals surface area (Å²) in [6.07, 6.45) is 1.81. The number of H-pyrrole nitrogens is 1. The molecular formula is C25H15ClN4OS. The molecule has 0 aliphatic heterocycles. The second-order valence-corrected chi connectivity index (χ2v) is 8.50. The van der Waals surface area contributed by atoms with Gasteiger partial charge in [0.1, 0.15) is 16.3 Å². The molecule has 5 aromatic rings. The molecule has 0 radical (unpaired) electrons. The largest absolute Gasteiger partial charge is 0.337 e. The Bertz CT molecular complexity index is 1620. The zero-order valence-electron chi connectivity index (χ0n) is 16.6. The number of benzene rings is 3. The summed E-state index contributed by atoms with van der Waals surface area (Å²) in [5, 5.41) is 10.7. The van der Waals surface area contributed by atoms with Crippen LogP contribution in [0.4, 0.5) is 0 Å². The van der Waals surface area contributed by atoms with Crippen molar-refractivity contribution in [3.8, 4) is 11.8 Å². The van der Waals surface area contributed by atoms with E-state index in [4.69, 9.17) is 11.6 Å². The third kappa shape index (κ3) is 3.65. The lowest BCUT2D eigenvalue weighted by molar-refractivity contribution is 0.984. The zero-order chi connectivity index (χ0) is 22.1. The maximum Gasteiger partial charge on any atom is 0.273 e. The molecular weight excluding hydrogens is 440 g/mol. The Morgan fingerprint density at radius 3 is 2.47 bits per heavy atom. The van der Waals surface area contributed by atoms with E-state index in [2.05, 4.69) is 16.0 Å². The molecule has 0 fully saturated rings. The number of fused-ring (bicyclic) bond motifs is 1. The minimum absolute atomic E-state index is 0.199. The highest BCUT2D eigenvalue weighted by atomic mass is 35.5. The topological polar surface area (TPSA) is 74.5 Å². The first kappa shape index (κ1) is 20.0. The van der Waals surface area contributed by atoms with Gasteiger partial charge in [0.25, 0.3) is 5.56 Å². The standard InChI is InChI=1S/C25H15ClN4OS/c26-17-12-10-16(11-13-17)14-22-24(31)30(18-6-2-1-3-7-18)25(32-22)19(15-27)23-28-20-8-4-5-9-21(20)29-23/h1-14H,(H,28,29)/b22-14+,25-19+. The number of halogens is 1. The highest BCUT2D eigenvalue weighted by Gasteiger charge is 2.15. The SMILES string of the molecule is N#C/C(c1nc2ccccc2[nH]1)=c1\s/c(=C/c2ccc(Cl)cc2)c(=O)n1-c1ccccc1. The summed E-state index contributed by atoms with van der Waals surface area (Å²) in [4.78, 5) is 21.2. The van der Waals surface area contributed by atoms with Crippen LogP contribution in [0.2, 0.25) is 5.02 Å². The first-order valence-corrected chi connectivity index (χ1v) is 11.0. The number of aromatic amines is 1. The lowest BCUT2D eigenvalue weighted by Gasteiger charge is -2.02. The van der Waals surface area contributed by atoms with Crippen molar-refractivity contribution in [3.63, 3.8) is 0 Å². The monoisotopic (exact) mass is 454 g/mol. The van der Waals surface area contributed by atoms with Crippen molar-refractivity contribution in [2.45, 2.75) is 0 Å². The van der Waals surface area contributed by atoms with E-state index in [0.717, 1.165) is 16.6 Å². The number of para-hydroxylation sites is 3. The molecule has 5 rings (SSSR count). The number of nitrogens with one attached hydrogen (secondary N) is 1. The highest BCUT2D eigenvalue weighted by Crippen LogP contribution is 2.15. The molecule has 0 amide bonds. The van der Waals surface area contributed by atoms with Gasteiger partial charge in [0.15, 0.2) is 5.82 Å². The molecule has 0 unspecified atom stereocenters. The summed E-state index contributed by atoms with van der Waals surface area (Å²) in [5.74, 6) is 0.428. The summed E-state index contributed by atoms with van der Waals surface area (Å²) < 4.78 is 2.59. The fourth-order valence-electron chi connectivity index (χ4n) is 3.45. The summed E-state index contributed by atoms with van der Waals surface area (Å²) >= 11 is 7.25. The Kier molecular flexibility index (Phi) is 5.20. The molecule has 0 saturated heterocycles. The van der Waals surface area contributed by atoms with E-state index in [1.165, 1.54) is 11.3 Å². The van der Waals surface area contributed by atoms with Crippen LogP contribution < -0.4 is 14.8 Å². The van der Waals surface area contributed by atoms with E-state index >= 15 is 0 Å². The average Bonchev–Trinajstić information content (AvgIpc) is 3.38. The number of hydrogen-bond acceptors (Lipinski definition) is 4. The van der Waals surface area contributed by atoms with Crippen molar-refractivity contribution >= 4 is 45.6 Å². The van der Waals surface area contributed by atoms with Gasteiger partial charge >= 0.3 is 0 Å². The van der Waals surface area contributed by atoms with Gasteiger partial charge in [-0.3, -0.25) is 9.36 Å². The van der Waals surface area contributed by atoms with Gasteiger partial charge in [-0.1, -0.05) is 54.1 Å². The molecule has 5 nitrogen and oxygen atoms in total. The molecule has 0 bridgehead atoms. The molecule has 3 aromatic carbocycles. The van der Waals surface area contributed by atoms with Crippen LogP contribution in [-0.2, 0) is 0 Å². The maximum absolute atomic E-state index is 13.4. The van der Waals surface area contributed by atoms with Gasteiger partial charge in [-0.05, 0) is 48.0 Å². The van der Waals surface area contributed by atoms with Crippen LogP contribution in [0.25, 0.3) is 28.4 Å². The summed E-state index contributed by atoms with van der Waals surface area (Å²) in [6, 6.07) is 26.4. The van der Waals surface area contributed by atoms with Crippen molar-refractivity contribution < 1.29 is 0 Å². The minimum atomic E-state index is -0.199. The van der Waals surface area contributed by atoms with Crippen LogP contribution >= 0.6 is 22.9 Å². The molecule has 0 atom stereocenters. The van der Waals surface area contributed by atoms with Crippen LogP contribution in [-0.4, -0.2) is 14.5 Å². The van der Waals surface area contributed by atoms with Crippen molar-refractivity contribution in [1.29, 1.82) is 5.26 Å². The number of imidazole rings is 1. The van der Waals surface area contributed by atoms with Gasteiger partial charge in [-0.2, -0.15) is 5.26 Å². The first-order chi connectivity index (χ1) is 15.6. The highest BCUT2D eigenvalue weighted by molar-refractivity contribution is 7.07. The predicted molar refractivity (Wildman–Crippen MR) is 128 cm³/mol. The zero-order valence-corrected chi connectivity index (χ0v) is 18.2. The normalized spacial score (nSPS) is 12.7. The summed E-state index contributed by atoms with van der Waals surface area (Å²) in [5.41, 5.74) is 3.23. The van der Waals surface area contributed by atoms with Crippen LogP contribution in [0.1, 0.15) is 11.4 Å². The van der Waals surface area contributed by atoms with Gasteiger partial charge in [0, 0.05) is 5.02 Å². The summed E-state index contributed by atoms with van der Waals surface area (Å²) in [7, 11) is 0. The van der Waals surface area contributed by atoms with Crippen molar-refractivity contribution in [2.75, 3.05) is 0 Å². The third-order valence-corrected chi connectivity index (χ3v) is 6.30. The van der Waals surface area contributed by atoms with E-state index in [1.54, 1.807) is 22.8 Å². The van der Waals surface area contributed by atoms with Gasteiger partial charge in [0.05, 0.1) is 21.3 Å². The van der Waals surface area contributed by atoms with Gasteiger partial charge in [-0.15, -0.1) is 11.3 Å². The average molecular weight is 455 g/mol. The molecule has 2 heterocycles. The van der Waals surface area contributed by atoms with Crippen molar-refractivity contribution in [2.24, 2.45) is 0 Å². The lowest BCUT2D eigenvalue weighted by Crippen LogP contribution is -2.30. The van der Waals surface area contributed by atoms with Crippen molar-refractivity contribution in [3.05, 3.63) is 115 Å². The fraction of sp³-hybridized carbons (Fsp3) is 0. The lowest BCUT2D eigenvalue weighted by atomic mass is 10.2. The van der Waals surface area contributed by atoms with Crippen molar-refractivity contribution in [1.82, 2.24) is 14.5 Å². The van der Waals surface area contributed by atoms with Crippen LogP contribution in [0, 0.1) is 11.3 Å². The fourth-order valence-corrected chi connectivity index (χ4v) is 4.68. The molecule has 32 heavy (non-hydrogen) atoms. The van der Waals surface area contributed by atoms with E-state index in [0.29, 0.717) is 31.3 Å². The number of aromatic nitrogens is 3. The van der Waals surface area contributed by atoms with Gasteiger partial charge in [-0.25, -0.2) is 4.98 Å². The van der Waals surface area contributed by atoms with Crippen LogP contribution in [0.5, 0.6) is 0 Å². The quantitative estimate of drug-likeness (QED) is 0.448. The molecule has 0 aliphatic rings. The van der Waals surface area contributed by atoms with Gasteiger partial charge in [0.2, 0.25) is 0 Å². The Labute approximate surface area is 191 Å². The maximum atomic E-state index is 13.4. The van der Waals surface area contributed by atoms with E-state index in [9.17, 15) is 10.1 Å². The third-order valence-electron chi connectivity index (χ3n) is 4.96. The Morgan fingerprint density at radius 1 is 1.03 bits per heavy atom. The second kappa shape index (κ2) is 8.31. The smallest absolute Gasteiger partial charge is 0.273 e. The second-order valence-electron chi connectivity index (χ2n) is 7.03. The minimum Gasteiger partial charge on any atom is -0.337 e. The number of rotatable bonds is 3.